The molecule has 0 atom stereocenters. The van der Waals surface area contributed by atoms with Crippen LogP contribution in [0.5, 0.6) is 0 Å². The Bertz CT molecular complexity index is 619. The number of benzene rings is 1. The molecular weight excluding hydrogens is 636 g/mol. The summed E-state index contributed by atoms with van der Waals surface area (Å²) < 4.78 is 4.62. The molecule has 24 heavy (non-hydrogen) atoms. The van der Waals surface area contributed by atoms with Gasteiger partial charge in [-0.15, -0.1) is 0 Å². The van der Waals surface area contributed by atoms with Gasteiger partial charge in [0, 0.05) is 0 Å². The fourth-order valence-corrected chi connectivity index (χ4v) is 19.7. The van der Waals surface area contributed by atoms with Crippen LogP contribution in [-0.2, 0) is 0 Å². The van der Waals surface area contributed by atoms with Crippen LogP contribution in [0.2, 0.25) is 0 Å². The summed E-state index contributed by atoms with van der Waals surface area (Å²) in [7, 11) is 0. The molecule has 1 nitrogen and oxygen atoms in total. The van der Waals surface area contributed by atoms with Gasteiger partial charge >= 0.3 is 177 Å². The standard InChI is InChI=1S/C20H31I2NTe/c1-13(2)15-10-9-11-16(14(3)4)17(15)23-18(24-22-21)19(5,6)12-20(23,7)8/h9-11,13-14H,12H2,1-8H3. The molecule has 0 N–H and O–H groups in total. The van der Waals surface area contributed by atoms with Crippen LogP contribution >= 0.6 is 18.6 Å². The molecule has 0 unspecified atom stereocenters. The van der Waals surface area contributed by atoms with Crippen LogP contribution in [0.4, 0.5) is 5.69 Å². The zero-order valence-electron chi connectivity index (χ0n) is 16.2. The first-order chi connectivity index (χ1) is 11.0. The monoisotopic (exact) mass is 669 g/mol. The van der Waals surface area contributed by atoms with E-state index in [0.717, 1.165) is 0 Å². The Hall–Kier alpha value is 1.14. The molecule has 0 spiro atoms. The quantitative estimate of drug-likeness (QED) is 0.258. The second-order valence-corrected chi connectivity index (χ2v) is 30.8. The Morgan fingerprint density at radius 3 is 1.96 bits per heavy atom. The van der Waals surface area contributed by atoms with Crippen molar-refractivity contribution in [1.29, 1.82) is 0 Å². The SMILES string of the molecule is CC(C)c1cccc(C(C)C)c1[N+]1=C([Te][I-]I)C(C)(C)CC1(C)C. The van der Waals surface area contributed by atoms with Crippen LogP contribution in [0.1, 0.15) is 84.8 Å². The Labute approximate surface area is 175 Å². The first-order valence-electron chi connectivity index (χ1n) is 8.76. The minimum absolute atomic E-state index is 0.0184. The van der Waals surface area contributed by atoms with Crippen molar-refractivity contribution in [2.75, 3.05) is 0 Å². The second kappa shape index (κ2) is 8.02. The number of para-hydroxylation sites is 1. The fourth-order valence-electron chi connectivity index (χ4n) is 4.15. The third kappa shape index (κ3) is 4.17. The van der Waals surface area contributed by atoms with E-state index in [1.54, 1.807) is 9.45 Å². The maximum atomic E-state index is 2.82. The van der Waals surface area contributed by atoms with Crippen molar-refractivity contribution in [2.24, 2.45) is 5.41 Å². The minimum atomic E-state index is -0.0184. The molecule has 0 amide bonds. The number of halogens is 2. The van der Waals surface area contributed by atoms with Gasteiger partial charge in [-0.3, -0.25) is 0 Å². The molecule has 1 heterocycles. The summed E-state index contributed by atoms with van der Waals surface area (Å²) in [5, 5.41) is 0. The summed E-state index contributed by atoms with van der Waals surface area (Å²) in [6.45, 7) is 19.3. The van der Waals surface area contributed by atoms with E-state index in [9.17, 15) is 0 Å². The van der Waals surface area contributed by atoms with E-state index in [0.29, 0.717) is 30.6 Å². The van der Waals surface area contributed by atoms with E-state index in [-0.39, 0.29) is 22.5 Å². The summed E-state index contributed by atoms with van der Waals surface area (Å²) in [4.78, 5) is 0. The fraction of sp³-hybridized carbons (Fsp3) is 0.650. The molecule has 136 valence electrons. The predicted molar refractivity (Wildman–Crippen MR) is 112 cm³/mol. The summed E-state index contributed by atoms with van der Waals surface area (Å²) in [5.41, 5.74) is 5.18. The molecule has 0 radical (unpaired) electrons. The Balaban J connectivity index is 2.87. The van der Waals surface area contributed by atoms with Crippen molar-refractivity contribution < 1.29 is 17.9 Å². The molecule has 0 fully saturated rings. The molecule has 4 heteroatoms. The topological polar surface area (TPSA) is 3.01 Å². The Morgan fingerprint density at radius 2 is 1.54 bits per heavy atom. The Kier molecular flexibility index (Phi) is 7.17. The summed E-state index contributed by atoms with van der Waals surface area (Å²) in [5.74, 6) is 1.13. The first-order valence-corrected chi connectivity index (χ1v) is 23.0. The third-order valence-electron chi connectivity index (χ3n) is 4.93. The van der Waals surface area contributed by atoms with Crippen LogP contribution in [0.3, 0.4) is 0 Å². The van der Waals surface area contributed by atoms with E-state index >= 15 is 0 Å². The van der Waals surface area contributed by atoms with Crippen LogP contribution in [0.25, 0.3) is 0 Å². The van der Waals surface area contributed by atoms with Gasteiger partial charge in [0.25, 0.3) is 0 Å². The summed E-state index contributed by atoms with van der Waals surface area (Å²) >= 11 is 3.02. The van der Waals surface area contributed by atoms with E-state index in [2.05, 4.69) is 96.8 Å². The first kappa shape index (κ1) is 21.4. The van der Waals surface area contributed by atoms with Crippen molar-refractivity contribution >= 4 is 45.0 Å². The molecule has 0 bridgehead atoms. The van der Waals surface area contributed by atoms with Gasteiger partial charge in [0.1, 0.15) is 0 Å². The van der Waals surface area contributed by atoms with E-state index in [4.69, 9.17) is 0 Å². The molecule has 1 aliphatic heterocycles. The zero-order chi connectivity index (χ0) is 18.3. The van der Waals surface area contributed by atoms with E-state index in [1.165, 1.54) is 17.5 Å². The van der Waals surface area contributed by atoms with E-state index < -0.39 is 0 Å². The molecule has 1 aromatic carbocycles. The third-order valence-corrected chi connectivity index (χ3v) is 19.0. The predicted octanol–water partition coefficient (Wildman–Crippen LogP) is 3.24. The average molecular weight is 667 g/mol. The molecule has 0 saturated carbocycles. The van der Waals surface area contributed by atoms with Gasteiger partial charge in [-0.1, -0.05) is 0 Å². The van der Waals surface area contributed by atoms with Crippen LogP contribution in [0.15, 0.2) is 18.2 Å². The molecule has 2 rings (SSSR count). The van der Waals surface area contributed by atoms with Gasteiger partial charge in [-0.05, 0) is 0 Å². The van der Waals surface area contributed by atoms with Crippen molar-refractivity contribution in [2.45, 2.75) is 79.2 Å². The summed E-state index contributed by atoms with van der Waals surface area (Å²) in [6.07, 6.45) is 1.27. The zero-order valence-corrected chi connectivity index (χ0v) is 22.9. The number of rotatable bonds is 5. The van der Waals surface area contributed by atoms with Crippen molar-refractivity contribution in [3.05, 3.63) is 29.3 Å². The van der Waals surface area contributed by atoms with Gasteiger partial charge in [-0.2, -0.15) is 0 Å². The molecule has 0 aromatic heterocycles. The van der Waals surface area contributed by atoms with Crippen LogP contribution in [0, 0.1) is 5.41 Å². The number of nitrogens with zero attached hydrogens (tertiary/aromatic N) is 1. The second-order valence-electron chi connectivity index (χ2n) is 8.74. The number of hydrogen-bond donors (Lipinski definition) is 0. The molecule has 1 aliphatic rings. The molecule has 1 aromatic rings. The van der Waals surface area contributed by atoms with Crippen molar-refractivity contribution in [1.82, 2.24) is 0 Å². The van der Waals surface area contributed by atoms with Crippen LogP contribution < -0.4 is 13.3 Å². The molecular formula is C20H31I2NTe. The van der Waals surface area contributed by atoms with E-state index in [1.807, 2.05) is 0 Å². The van der Waals surface area contributed by atoms with Crippen molar-refractivity contribution in [3.8, 4) is 0 Å². The van der Waals surface area contributed by atoms with Gasteiger partial charge in [0.05, 0.1) is 0 Å². The number of hydrogen-bond acceptors (Lipinski definition) is 0. The maximum absolute atomic E-state index is 2.82. The molecule has 0 aliphatic carbocycles. The van der Waals surface area contributed by atoms with Gasteiger partial charge in [0.2, 0.25) is 0 Å². The Morgan fingerprint density at radius 1 is 1.04 bits per heavy atom. The van der Waals surface area contributed by atoms with Gasteiger partial charge < -0.3 is 0 Å². The molecule has 0 saturated heterocycles. The average Bonchev–Trinajstić information content (AvgIpc) is 2.62. The van der Waals surface area contributed by atoms with Gasteiger partial charge in [0.15, 0.2) is 0 Å². The summed E-state index contributed by atoms with van der Waals surface area (Å²) in [6, 6.07) is 7.00. The van der Waals surface area contributed by atoms with Crippen LogP contribution in [-0.4, -0.2) is 30.9 Å². The van der Waals surface area contributed by atoms with Gasteiger partial charge in [-0.25, -0.2) is 0 Å². The van der Waals surface area contributed by atoms with Crippen molar-refractivity contribution in [3.63, 3.8) is 0 Å². The normalized spacial score (nSPS) is 19.8.